The van der Waals surface area contributed by atoms with Crippen LogP contribution in [0.1, 0.15) is 10.9 Å². The van der Waals surface area contributed by atoms with Crippen molar-refractivity contribution in [3.05, 3.63) is 64.6 Å². The van der Waals surface area contributed by atoms with Gasteiger partial charge < -0.3 is 4.90 Å². The van der Waals surface area contributed by atoms with Crippen molar-refractivity contribution < 1.29 is 0 Å². The number of para-hydroxylation sites is 1. The van der Waals surface area contributed by atoms with Gasteiger partial charge in [-0.1, -0.05) is 46.3 Å². The molecule has 0 radical (unpaired) electrons. The Morgan fingerprint density at radius 2 is 1.70 bits per heavy atom. The van der Waals surface area contributed by atoms with E-state index in [1.807, 2.05) is 18.2 Å². The Hall–Kier alpha value is -0.970. The first-order valence-corrected chi connectivity index (χ1v) is 7.88. The number of amidine groups is 1. The Kier molecular flexibility index (Phi) is 5.13. The van der Waals surface area contributed by atoms with E-state index in [1.54, 1.807) is 11.8 Å². The van der Waals surface area contributed by atoms with Gasteiger partial charge in [-0.25, -0.2) is 0 Å². The van der Waals surface area contributed by atoms with Gasteiger partial charge >= 0.3 is 0 Å². The fourth-order valence-corrected chi connectivity index (χ4v) is 3.66. The smallest absolute Gasteiger partial charge is 0.112 e. The number of anilines is 1. The number of thioether (sulfide) groups is 1. The molecule has 2 aromatic rings. The average Bonchev–Trinajstić information content (AvgIpc) is 2.82. The van der Waals surface area contributed by atoms with Crippen LogP contribution in [0.2, 0.25) is 0 Å². The standard InChI is InChI=1S/C15H13BrN2S.ClH/c16-12-8-6-11(7-9-12)15-18(14(17)10-19-15)13-4-2-1-3-5-13;/h1-9,15,17H,10H2;1H. The van der Waals surface area contributed by atoms with Gasteiger partial charge in [0, 0.05) is 10.2 Å². The molecule has 1 atom stereocenters. The molecule has 0 amide bonds. The summed E-state index contributed by atoms with van der Waals surface area (Å²) in [6.07, 6.45) is 0. The first-order chi connectivity index (χ1) is 9.25. The van der Waals surface area contributed by atoms with E-state index < -0.39 is 0 Å². The lowest BCUT2D eigenvalue weighted by Crippen LogP contribution is -2.27. The van der Waals surface area contributed by atoms with E-state index in [2.05, 4.69) is 57.2 Å². The molecule has 1 unspecified atom stereocenters. The third-order valence-electron chi connectivity index (χ3n) is 3.09. The normalized spacial score (nSPS) is 17.9. The molecule has 1 aliphatic rings. The summed E-state index contributed by atoms with van der Waals surface area (Å²) in [6, 6.07) is 18.5. The SMILES string of the molecule is Cl.N=C1CSC(c2ccc(Br)cc2)N1c1ccccc1. The highest BCUT2D eigenvalue weighted by molar-refractivity contribution is 9.10. The van der Waals surface area contributed by atoms with Crippen LogP contribution in [-0.4, -0.2) is 11.6 Å². The number of rotatable bonds is 2. The van der Waals surface area contributed by atoms with E-state index in [1.165, 1.54) is 5.56 Å². The second-order valence-electron chi connectivity index (χ2n) is 4.37. The largest absolute Gasteiger partial charge is 0.313 e. The molecule has 20 heavy (non-hydrogen) atoms. The maximum atomic E-state index is 8.16. The molecule has 104 valence electrons. The van der Waals surface area contributed by atoms with E-state index in [4.69, 9.17) is 5.41 Å². The van der Waals surface area contributed by atoms with E-state index in [0.717, 1.165) is 15.9 Å². The number of halogens is 2. The summed E-state index contributed by atoms with van der Waals surface area (Å²) in [6.45, 7) is 0. The van der Waals surface area contributed by atoms with Crippen LogP contribution < -0.4 is 4.90 Å². The lowest BCUT2D eigenvalue weighted by Gasteiger charge is -2.25. The highest BCUT2D eigenvalue weighted by Gasteiger charge is 2.31. The predicted molar refractivity (Wildman–Crippen MR) is 93.2 cm³/mol. The van der Waals surface area contributed by atoms with Gasteiger partial charge in [-0.2, -0.15) is 0 Å². The van der Waals surface area contributed by atoms with Crippen molar-refractivity contribution in [3.63, 3.8) is 0 Å². The second kappa shape index (κ2) is 6.66. The zero-order valence-electron chi connectivity index (χ0n) is 10.6. The summed E-state index contributed by atoms with van der Waals surface area (Å²) >= 11 is 5.26. The lowest BCUT2D eigenvalue weighted by atomic mass is 10.2. The number of benzene rings is 2. The molecular formula is C15H14BrClN2S. The van der Waals surface area contributed by atoms with Crippen LogP contribution in [0.3, 0.4) is 0 Å². The van der Waals surface area contributed by atoms with Crippen molar-refractivity contribution in [2.75, 3.05) is 10.7 Å². The van der Waals surface area contributed by atoms with Crippen LogP contribution in [0.25, 0.3) is 0 Å². The molecule has 0 bridgehead atoms. The van der Waals surface area contributed by atoms with Gasteiger partial charge in [0.05, 0.1) is 5.75 Å². The highest BCUT2D eigenvalue weighted by Crippen LogP contribution is 2.41. The maximum Gasteiger partial charge on any atom is 0.112 e. The third-order valence-corrected chi connectivity index (χ3v) is 4.86. The highest BCUT2D eigenvalue weighted by atomic mass is 79.9. The molecule has 0 spiro atoms. The number of hydrogen-bond donors (Lipinski definition) is 1. The number of nitrogens with one attached hydrogen (secondary N) is 1. The summed E-state index contributed by atoms with van der Waals surface area (Å²) in [5.41, 5.74) is 2.32. The monoisotopic (exact) mass is 368 g/mol. The van der Waals surface area contributed by atoms with E-state index in [9.17, 15) is 0 Å². The second-order valence-corrected chi connectivity index (χ2v) is 6.35. The fourth-order valence-electron chi connectivity index (χ4n) is 2.20. The van der Waals surface area contributed by atoms with Crippen LogP contribution >= 0.6 is 40.1 Å². The van der Waals surface area contributed by atoms with Crippen molar-refractivity contribution in [3.8, 4) is 0 Å². The van der Waals surface area contributed by atoms with Crippen molar-refractivity contribution >= 4 is 51.6 Å². The maximum absolute atomic E-state index is 8.16. The Labute approximate surface area is 137 Å². The van der Waals surface area contributed by atoms with Gasteiger partial charge in [-0.15, -0.1) is 24.2 Å². The zero-order valence-corrected chi connectivity index (χ0v) is 13.8. The van der Waals surface area contributed by atoms with Crippen LogP contribution in [0.4, 0.5) is 5.69 Å². The molecule has 0 aromatic heterocycles. The van der Waals surface area contributed by atoms with Crippen molar-refractivity contribution in [2.24, 2.45) is 0 Å². The predicted octanol–water partition coefficient (Wildman–Crippen LogP) is 5.10. The van der Waals surface area contributed by atoms with Gasteiger partial charge in [0.25, 0.3) is 0 Å². The molecule has 5 heteroatoms. The molecular weight excluding hydrogens is 356 g/mol. The minimum atomic E-state index is 0. The molecule has 1 fully saturated rings. The molecule has 0 aliphatic carbocycles. The van der Waals surface area contributed by atoms with E-state index in [-0.39, 0.29) is 17.8 Å². The minimum absolute atomic E-state index is 0. The van der Waals surface area contributed by atoms with Crippen LogP contribution in [0.5, 0.6) is 0 Å². The van der Waals surface area contributed by atoms with Crippen molar-refractivity contribution in [1.29, 1.82) is 5.41 Å². The molecule has 2 nitrogen and oxygen atoms in total. The first-order valence-electron chi connectivity index (χ1n) is 6.04. The number of nitrogens with zero attached hydrogens (tertiary/aromatic N) is 1. The molecule has 0 saturated carbocycles. The molecule has 1 aliphatic heterocycles. The summed E-state index contributed by atoms with van der Waals surface area (Å²) in [7, 11) is 0. The summed E-state index contributed by atoms with van der Waals surface area (Å²) < 4.78 is 1.08. The quantitative estimate of drug-likeness (QED) is 0.797. The molecule has 2 aromatic carbocycles. The third kappa shape index (κ3) is 3.03. The molecule has 3 rings (SSSR count). The molecule has 1 N–H and O–H groups in total. The molecule has 1 saturated heterocycles. The van der Waals surface area contributed by atoms with Gasteiger partial charge in [0.2, 0.25) is 0 Å². The Morgan fingerprint density at radius 3 is 2.35 bits per heavy atom. The Balaban J connectivity index is 0.00000147. The zero-order chi connectivity index (χ0) is 13.2. The van der Waals surface area contributed by atoms with Crippen molar-refractivity contribution in [1.82, 2.24) is 0 Å². The van der Waals surface area contributed by atoms with Crippen LogP contribution in [0, 0.1) is 5.41 Å². The van der Waals surface area contributed by atoms with Gasteiger partial charge in [-0.05, 0) is 29.8 Å². The average molecular weight is 370 g/mol. The fraction of sp³-hybridized carbons (Fsp3) is 0.133. The van der Waals surface area contributed by atoms with Gasteiger partial charge in [-0.3, -0.25) is 5.41 Å². The van der Waals surface area contributed by atoms with Gasteiger partial charge in [0.1, 0.15) is 11.2 Å². The summed E-state index contributed by atoms with van der Waals surface area (Å²) in [5.74, 6) is 1.43. The van der Waals surface area contributed by atoms with Crippen LogP contribution in [0.15, 0.2) is 59.1 Å². The van der Waals surface area contributed by atoms with Crippen LogP contribution in [-0.2, 0) is 0 Å². The summed E-state index contributed by atoms with van der Waals surface area (Å²) in [5, 5.41) is 8.36. The number of hydrogen-bond acceptors (Lipinski definition) is 2. The lowest BCUT2D eigenvalue weighted by molar-refractivity contribution is 0.988. The van der Waals surface area contributed by atoms with Crippen molar-refractivity contribution in [2.45, 2.75) is 5.37 Å². The topological polar surface area (TPSA) is 27.1 Å². The minimum Gasteiger partial charge on any atom is -0.313 e. The Bertz CT molecular complexity index is 589. The molecule has 1 heterocycles. The van der Waals surface area contributed by atoms with E-state index >= 15 is 0 Å². The van der Waals surface area contributed by atoms with Gasteiger partial charge in [0.15, 0.2) is 0 Å². The first kappa shape index (κ1) is 15.4. The Morgan fingerprint density at radius 1 is 1.05 bits per heavy atom. The summed E-state index contributed by atoms with van der Waals surface area (Å²) in [4.78, 5) is 2.11. The van der Waals surface area contributed by atoms with E-state index in [0.29, 0.717) is 5.84 Å².